The SMILES string of the molecule is CO[C@@H](c1cc(C)co1)[C@H](C)[C@@H]1C[C@H](O)[C@@](C)([C@@H]2CCC(C)=C(Cl)C2=O)O1. The number of ketones is 1. The molecule has 1 saturated heterocycles. The zero-order chi connectivity index (χ0) is 19.9. The Kier molecular flexibility index (Phi) is 5.88. The molecule has 1 N–H and O–H groups in total. The summed E-state index contributed by atoms with van der Waals surface area (Å²) in [4.78, 5) is 12.7. The largest absolute Gasteiger partial charge is 0.466 e. The van der Waals surface area contributed by atoms with E-state index < -0.39 is 17.6 Å². The highest BCUT2D eigenvalue weighted by atomic mass is 35.5. The number of methoxy groups -OCH3 is 1. The number of aliphatic hydroxyl groups is 1. The minimum Gasteiger partial charge on any atom is -0.466 e. The van der Waals surface area contributed by atoms with Gasteiger partial charge in [-0.05, 0) is 45.2 Å². The van der Waals surface area contributed by atoms with Crippen molar-refractivity contribution in [2.75, 3.05) is 7.11 Å². The summed E-state index contributed by atoms with van der Waals surface area (Å²) >= 11 is 6.22. The number of ether oxygens (including phenoxy) is 2. The van der Waals surface area contributed by atoms with Gasteiger partial charge in [0.15, 0.2) is 5.78 Å². The number of furan rings is 1. The molecular formula is C21H29ClO5. The molecule has 5 nitrogen and oxygen atoms in total. The Labute approximate surface area is 165 Å². The molecule has 0 unspecified atom stereocenters. The van der Waals surface area contributed by atoms with Gasteiger partial charge in [-0.3, -0.25) is 4.79 Å². The number of aryl methyl sites for hydroxylation is 1. The standard InChI is InChI=1S/C21H29ClO5/c1-11-8-16(26-10-11)20(25-5)13(3)15-9-17(23)21(4,27-15)14-7-6-12(2)18(22)19(14)24/h8,10,13-15,17,20,23H,6-7,9H2,1-5H3/t13-,14-,15+,17+,20-,21-/m1/s1. The molecule has 1 aromatic heterocycles. The highest BCUT2D eigenvalue weighted by Crippen LogP contribution is 2.47. The van der Waals surface area contributed by atoms with Gasteiger partial charge in [0.25, 0.3) is 0 Å². The number of carbonyl (C=O) groups is 1. The normalized spacial score (nSPS) is 34.2. The number of hydrogen-bond donors (Lipinski definition) is 1. The average molecular weight is 397 g/mol. The Morgan fingerprint density at radius 2 is 2.11 bits per heavy atom. The van der Waals surface area contributed by atoms with Crippen LogP contribution in [0.4, 0.5) is 0 Å². The first-order valence-corrected chi connectivity index (χ1v) is 9.90. The van der Waals surface area contributed by atoms with Crippen LogP contribution < -0.4 is 0 Å². The lowest BCUT2D eigenvalue weighted by molar-refractivity contribution is -0.150. The number of hydrogen-bond acceptors (Lipinski definition) is 5. The molecule has 27 heavy (non-hydrogen) atoms. The van der Waals surface area contributed by atoms with E-state index >= 15 is 0 Å². The molecule has 0 spiro atoms. The maximum Gasteiger partial charge on any atom is 0.180 e. The van der Waals surface area contributed by atoms with Gasteiger partial charge in [0.05, 0.1) is 29.4 Å². The van der Waals surface area contributed by atoms with E-state index in [4.69, 9.17) is 25.5 Å². The van der Waals surface area contributed by atoms with Gasteiger partial charge in [-0.2, -0.15) is 0 Å². The molecule has 2 aliphatic rings. The summed E-state index contributed by atoms with van der Waals surface area (Å²) < 4.78 is 17.6. The fourth-order valence-corrected chi connectivity index (χ4v) is 4.67. The van der Waals surface area contributed by atoms with Crippen molar-refractivity contribution in [3.05, 3.63) is 34.3 Å². The van der Waals surface area contributed by atoms with Gasteiger partial charge in [-0.25, -0.2) is 0 Å². The minimum absolute atomic E-state index is 0.0523. The lowest BCUT2D eigenvalue weighted by atomic mass is 9.75. The van der Waals surface area contributed by atoms with Crippen LogP contribution in [0.3, 0.4) is 0 Å². The number of aliphatic hydroxyl groups excluding tert-OH is 1. The van der Waals surface area contributed by atoms with Gasteiger partial charge >= 0.3 is 0 Å². The summed E-state index contributed by atoms with van der Waals surface area (Å²) in [6, 6.07) is 1.95. The van der Waals surface area contributed by atoms with Gasteiger partial charge in [0.1, 0.15) is 17.5 Å². The molecule has 1 aromatic rings. The van der Waals surface area contributed by atoms with E-state index in [0.29, 0.717) is 17.9 Å². The molecule has 0 bridgehead atoms. The molecule has 150 valence electrons. The van der Waals surface area contributed by atoms with Crippen molar-refractivity contribution in [3.8, 4) is 0 Å². The van der Waals surface area contributed by atoms with Gasteiger partial charge in [-0.15, -0.1) is 0 Å². The van der Waals surface area contributed by atoms with Crippen molar-refractivity contribution in [3.63, 3.8) is 0 Å². The van der Waals surface area contributed by atoms with Crippen LogP contribution >= 0.6 is 11.6 Å². The first-order valence-electron chi connectivity index (χ1n) is 9.52. The van der Waals surface area contributed by atoms with E-state index in [-0.39, 0.29) is 23.9 Å². The van der Waals surface area contributed by atoms with Crippen molar-refractivity contribution in [2.45, 2.75) is 70.9 Å². The van der Waals surface area contributed by atoms with Crippen LogP contribution in [-0.2, 0) is 14.3 Å². The fraction of sp³-hybridized carbons (Fsp3) is 0.667. The van der Waals surface area contributed by atoms with Crippen molar-refractivity contribution in [1.82, 2.24) is 0 Å². The molecular weight excluding hydrogens is 368 g/mol. The monoisotopic (exact) mass is 396 g/mol. The second-order valence-electron chi connectivity index (χ2n) is 8.18. The number of rotatable bonds is 5. The predicted molar refractivity (Wildman–Crippen MR) is 103 cm³/mol. The molecule has 1 aliphatic heterocycles. The van der Waals surface area contributed by atoms with Gasteiger partial charge in [0.2, 0.25) is 0 Å². The predicted octanol–water partition coefficient (Wildman–Crippen LogP) is 4.31. The maximum absolute atomic E-state index is 12.7. The van der Waals surface area contributed by atoms with E-state index in [9.17, 15) is 9.90 Å². The van der Waals surface area contributed by atoms with Crippen LogP contribution in [0.2, 0.25) is 0 Å². The molecule has 3 rings (SSSR count). The third-order valence-electron chi connectivity index (χ3n) is 6.28. The molecule has 0 amide bonds. The molecule has 0 aromatic carbocycles. The van der Waals surface area contributed by atoms with E-state index in [0.717, 1.165) is 23.3 Å². The molecule has 0 saturated carbocycles. The van der Waals surface area contributed by atoms with Crippen LogP contribution in [0.15, 0.2) is 27.4 Å². The average Bonchev–Trinajstić information content (AvgIpc) is 3.17. The summed E-state index contributed by atoms with van der Waals surface area (Å²) in [5.41, 5.74) is 0.987. The van der Waals surface area contributed by atoms with Crippen LogP contribution in [-0.4, -0.2) is 35.8 Å². The number of Topliss-reactive ketones (excluding diaryl/α,β-unsaturated/α-hetero) is 1. The minimum atomic E-state index is -0.950. The second kappa shape index (κ2) is 7.70. The molecule has 2 heterocycles. The van der Waals surface area contributed by atoms with Crippen molar-refractivity contribution in [2.24, 2.45) is 11.8 Å². The maximum atomic E-state index is 12.7. The molecule has 6 atom stereocenters. The van der Waals surface area contributed by atoms with E-state index in [1.54, 1.807) is 13.4 Å². The Morgan fingerprint density at radius 3 is 2.70 bits per heavy atom. The highest BCUT2D eigenvalue weighted by Gasteiger charge is 2.54. The van der Waals surface area contributed by atoms with E-state index in [1.807, 2.05) is 33.8 Å². The van der Waals surface area contributed by atoms with Crippen LogP contribution in [0, 0.1) is 18.8 Å². The van der Waals surface area contributed by atoms with Gasteiger partial charge < -0.3 is 19.0 Å². The lowest BCUT2D eigenvalue weighted by Gasteiger charge is -2.38. The van der Waals surface area contributed by atoms with Crippen LogP contribution in [0.25, 0.3) is 0 Å². The third kappa shape index (κ3) is 3.63. The Morgan fingerprint density at radius 1 is 1.41 bits per heavy atom. The number of halogens is 1. The quantitative estimate of drug-likeness (QED) is 0.803. The van der Waals surface area contributed by atoms with Crippen molar-refractivity contribution < 1.29 is 23.8 Å². The number of carbonyl (C=O) groups excluding carboxylic acids is 1. The highest BCUT2D eigenvalue weighted by molar-refractivity contribution is 6.43. The topological polar surface area (TPSA) is 68.9 Å². The Bertz CT molecular complexity index is 739. The second-order valence-corrected chi connectivity index (χ2v) is 8.56. The summed E-state index contributed by atoms with van der Waals surface area (Å²) in [7, 11) is 1.64. The summed E-state index contributed by atoms with van der Waals surface area (Å²) in [6.45, 7) is 7.70. The molecule has 1 fully saturated rings. The zero-order valence-corrected chi connectivity index (χ0v) is 17.4. The van der Waals surface area contributed by atoms with Gasteiger partial charge in [-0.1, -0.05) is 24.1 Å². The summed E-state index contributed by atoms with van der Waals surface area (Å²) in [5, 5.41) is 11.1. The van der Waals surface area contributed by atoms with E-state index in [1.165, 1.54) is 0 Å². The van der Waals surface area contributed by atoms with Crippen LogP contribution in [0.1, 0.15) is 57.5 Å². The van der Waals surface area contributed by atoms with Crippen LogP contribution in [0.5, 0.6) is 0 Å². The Balaban J connectivity index is 1.80. The van der Waals surface area contributed by atoms with Crippen molar-refractivity contribution in [1.29, 1.82) is 0 Å². The van der Waals surface area contributed by atoms with E-state index in [2.05, 4.69) is 0 Å². The molecule has 0 radical (unpaired) electrons. The first-order chi connectivity index (χ1) is 12.7. The lowest BCUT2D eigenvalue weighted by Crippen LogP contribution is -2.48. The first kappa shape index (κ1) is 20.6. The third-order valence-corrected chi connectivity index (χ3v) is 6.79. The molecule has 6 heteroatoms. The fourth-order valence-electron chi connectivity index (χ4n) is 4.44. The number of allylic oxidation sites excluding steroid dienone is 2. The summed E-state index contributed by atoms with van der Waals surface area (Å²) in [5.74, 6) is 0.126. The van der Waals surface area contributed by atoms with Gasteiger partial charge in [0, 0.05) is 19.4 Å². The Hall–Kier alpha value is -1.14. The molecule has 1 aliphatic carbocycles. The smallest absolute Gasteiger partial charge is 0.180 e. The van der Waals surface area contributed by atoms with Crippen molar-refractivity contribution >= 4 is 17.4 Å². The summed E-state index contributed by atoms with van der Waals surface area (Å²) in [6.07, 6.45) is 2.25. The zero-order valence-electron chi connectivity index (χ0n) is 16.6.